The highest BCUT2D eigenvalue weighted by atomic mass is 16.5. The van der Waals surface area contributed by atoms with Crippen molar-refractivity contribution in [2.45, 2.75) is 175 Å². The van der Waals surface area contributed by atoms with Gasteiger partial charge in [-0.05, 0) is 82.9 Å². The van der Waals surface area contributed by atoms with E-state index >= 15 is 0 Å². The van der Waals surface area contributed by atoms with Crippen molar-refractivity contribution in [1.82, 2.24) is 9.88 Å². The molecule has 0 aliphatic rings. The number of ether oxygens (including phenoxy) is 2. The quantitative estimate of drug-likeness (QED) is 0.0580. The second-order valence-corrected chi connectivity index (χ2v) is 14.2. The molecule has 46 heavy (non-hydrogen) atoms. The van der Waals surface area contributed by atoms with Crippen LogP contribution in [0.4, 0.5) is 0 Å². The molecule has 1 aromatic heterocycles. The van der Waals surface area contributed by atoms with Crippen LogP contribution >= 0.6 is 0 Å². The Morgan fingerprint density at radius 1 is 0.587 bits per heavy atom. The molecule has 0 bridgehead atoms. The van der Waals surface area contributed by atoms with Crippen LogP contribution < -0.4 is 9.47 Å². The van der Waals surface area contributed by atoms with Crippen molar-refractivity contribution in [2.24, 2.45) is 11.8 Å². The van der Waals surface area contributed by atoms with Gasteiger partial charge >= 0.3 is 0 Å². The summed E-state index contributed by atoms with van der Waals surface area (Å²) in [6, 6.07) is 4.16. The Morgan fingerprint density at radius 2 is 1.00 bits per heavy atom. The first-order chi connectivity index (χ1) is 22.4. The van der Waals surface area contributed by atoms with E-state index in [4.69, 9.17) is 9.47 Å². The second-order valence-electron chi connectivity index (χ2n) is 14.2. The average Bonchev–Trinajstić information content (AvgIpc) is 3.02. The van der Waals surface area contributed by atoms with E-state index in [0.29, 0.717) is 11.8 Å². The Balaban J connectivity index is 2.19. The summed E-state index contributed by atoms with van der Waals surface area (Å²) in [6.07, 6.45) is 38.1. The smallest absolute Gasteiger partial charge is 0.216 e. The Labute approximate surface area is 287 Å². The van der Waals surface area contributed by atoms with Crippen LogP contribution in [0.5, 0.6) is 11.8 Å². The van der Waals surface area contributed by atoms with Gasteiger partial charge in [-0.25, -0.2) is 0 Å². The number of rotatable bonds is 32. The van der Waals surface area contributed by atoms with Gasteiger partial charge in [-0.15, -0.1) is 0 Å². The van der Waals surface area contributed by atoms with Gasteiger partial charge in [0.15, 0.2) is 0 Å². The lowest BCUT2D eigenvalue weighted by Gasteiger charge is -2.14. The lowest BCUT2D eigenvalue weighted by molar-refractivity contribution is 0.267. The molecule has 2 atom stereocenters. The molecule has 4 nitrogen and oxygen atoms in total. The molecule has 0 amide bonds. The molecule has 0 saturated heterocycles. The summed E-state index contributed by atoms with van der Waals surface area (Å²) >= 11 is 0. The number of nitrogens with zero attached hydrogens (tertiary/aromatic N) is 2. The minimum atomic E-state index is 0.705. The largest absolute Gasteiger partial charge is 0.478 e. The maximum Gasteiger partial charge on any atom is 0.216 e. The average molecular weight is 641 g/mol. The van der Waals surface area contributed by atoms with Gasteiger partial charge in [0.25, 0.3) is 0 Å². The zero-order chi connectivity index (χ0) is 33.5. The van der Waals surface area contributed by atoms with E-state index in [1.807, 2.05) is 0 Å². The fourth-order valence-electron chi connectivity index (χ4n) is 5.91. The molecule has 0 radical (unpaired) electrons. The fourth-order valence-corrected chi connectivity index (χ4v) is 5.91. The maximum absolute atomic E-state index is 6.10. The molecule has 0 fully saturated rings. The summed E-state index contributed by atoms with van der Waals surface area (Å²) in [4.78, 5) is 6.87. The van der Waals surface area contributed by atoms with E-state index in [0.717, 1.165) is 44.4 Å². The van der Waals surface area contributed by atoms with Crippen LogP contribution in [0.2, 0.25) is 0 Å². The molecule has 0 aliphatic carbocycles. The summed E-state index contributed by atoms with van der Waals surface area (Å²) in [5, 5.41) is 0. The first-order valence-corrected chi connectivity index (χ1v) is 19.7. The Hall–Kier alpha value is -1.81. The van der Waals surface area contributed by atoms with Crippen molar-refractivity contribution < 1.29 is 9.47 Å². The van der Waals surface area contributed by atoms with E-state index in [1.165, 1.54) is 134 Å². The minimum Gasteiger partial charge on any atom is -0.478 e. The van der Waals surface area contributed by atoms with Crippen LogP contribution in [-0.4, -0.2) is 37.2 Å². The van der Waals surface area contributed by atoms with Crippen molar-refractivity contribution in [3.05, 3.63) is 42.0 Å². The van der Waals surface area contributed by atoms with E-state index in [2.05, 4.69) is 88.1 Å². The minimum absolute atomic E-state index is 0.705. The van der Waals surface area contributed by atoms with Gasteiger partial charge in [-0.3, -0.25) is 0 Å². The lowest BCUT2D eigenvalue weighted by atomic mass is 10.0. The Kier molecular flexibility index (Phi) is 28.0. The molecule has 0 spiro atoms. The van der Waals surface area contributed by atoms with Gasteiger partial charge in [-0.1, -0.05) is 142 Å². The van der Waals surface area contributed by atoms with Gasteiger partial charge in [0, 0.05) is 18.7 Å². The third-order valence-electron chi connectivity index (χ3n) is 8.82. The topological polar surface area (TPSA) is 34.6 Å². The van der Waals surface area contributed by atoms with Crippen molar-refractivity contribution in [1.29, 1.82) is 0 Å². The Bertz CT molecular complexity index is 803. The standard InChI is InChI=1S/C42H76N2O2/c1-7-9-11-17-23-29-38(3)31-25-19-13-15-21-27-33-45-41-35-40(37-44(5)6)36-42(43-41)46-34-28-22-16-14-20-26-32-39(4)30-24-18-12-10-8-2/h23-24,29-30,35-36,38-39H,7-22,25-28,31-34,37H2,1-6H3/b29-23+,30-24+. The van der Waals surface area contributed by atoms with E-state index in [1.54, 1.807) is 0 Å². The molecule has 4 heteroatoms. The van der Waals surface area contributed by atoms with Gasteiger partial charge in [0.2, 0.25) is 11.8 Å². The zero-order valence-corrected chi connectivity index (χ0v) is 31.5. The van der Waals surface area contributed by atoms with Crippen molar-refractivity contribution >= 4 is 0 Å². The number of allylic oxidation sites excluding steroid dienone is 4. The van der Waals surface area contributed by atoms with Crippen LogP contribution in [0, 0.1) is 11.8 Å². The van der Waals surface area contributed by atoms with E-state index < -0.39 is 0 Å². The van der Waals surface area contributed by atoms with Crippen LogP contribution in [0.25, 0.3) is 0 Å². The molecule has 0 aliphatic heterocycles. The van der Waals surface area contributed by atoms with Gasteiger partial charge in [-0.2, -0.15) is 4.98 Å². The van der Waals surface area contributed by atoms with E-state index in [-0.39, 0.29) is 0 Å². The summed E-state index contributed by atoms with van der Waals surface area (Å²) in [5.74, 6) is 2.86. The third kappa shape index (κ3) is 26.3. The van der Waals surface area contributed by atoms with Gasteiger partial charge < -0.3 is 14.4 Å². The van der Waals surface area contributed by atoms with E-state index in [9.17, 15) is 0 Å². The molecular weight excluding hydrogens is 564 g/mol. The van der Waals surface area contributed by atoms with Crippen LogP contribution in [0.3, 0.4) is 0 Å². The fraction of sp³-hybridized carbons (Fsp3) is 0.786. The predicted molar refractivity (Wildman–Crippen MR) is 202 cm³/mol. The first-order valence-electron chi connectivity index (χ1n) is 19.7. The van der Waals surface area contributed by atoms with Crippen molar-refractivity contribution in [2.75, 3.05) is 27.3 Å². The summed E-state index contributed by atoms with van der Waals surface area (Å²) in [7, 11) is 4.19. The lowest BCUT2D eigenvalue weighted by Crippen LogP contribution is -2.12. The number of hydrogen-bond acceptors (Lipinski definition) is 4. The molecule has 266 valence electrons. The highest BCUT2D eigenvalue weighted by Gasteiger charge is 2.07. The zero-order valence-electron chi connectivity index (χ0n) is 31.5. The Morgan fingerprint density at radius 3 is 1.41 bits per heavy atom. The molecular formula is C42H76N2O2. The molecule has 1 rings (SSSR count). The molecule has 0 saturated carbocycles. The summed E-state index contributed by atoms with van der Waals surface area (Å²) in [5.41, 5.74) is 1.19. The third-order valence-corrected chi connectivity index (χ3v) is 8.82. The van der Waals surface area contributed by atoms with Gasteiger partial charge in [0.1, 0.15) is 0 Å². The van der Waals surface area contributed by atoms with Crippen molar-refractivity contribution in [3.8, 4) is 11.8 Å². The molecule has 1 aromatic rings. The summed E-state index contributed by atoms with van der Waals surface area (Å²) < 4.78 is 12.2. The monoisotopic (exact) mass is 641 g/mol. The summed E-state index contributed by atoms with van der Waals surface area (Å²) in [6.45, 7) is 11.6. The maximum atomic E-state index is 6.10. The number of unbranched alkanes of at least 4 members (excludes halogenated alkanes) is 16. The SMILES string of the molecule is CCCCC/C=C/C(C)CCCCCCCCOc1cc(CN(C)C)cc(OCCCCCCCCC(C)/C=C/CCCCC)n1. The van der Waals surface area contributed by atoms with Crippen LogP contribution in [0.15, 0.2) is 36.4 Å². The first kappa shape index (κ1) is 42.2. The number of pyridine rings is 1. The predicted octanol–water partition coefficient (Wildman–Crippen LogP) is 12.9. The second kappa shape index (κ2) is 30.5. The highest BCUT2D eigenvalue weighted by Crippen LogP contribution is 2.21. The highest BCUT2D eigenvalue weighted by molar-refractivity contribution is 5.28. The van der Waals surface area contributed by atoms with Crippen molar-refractivity contribution in [3.63, 3.8) is 0 Å². The molecule has 0 aromatic carbocycles. The molecule has 1 heterocycles. The van der Waals surface area contributed by atoms with Crippen LogP contribution in [0.1, 0.15) is 175 Å². The number of hydrogen-bond donors (Lipinski definition) is 0. The molecule has 0 N–H and O–H groups in total. The normalized spacial score (nSPS) is 13.3. The van der Waals surface area contributed by atoms with Gasteiger partial charge in [0.05, 0.1) is 13.2 Å². The number of aromatic nitrogens is 1. The van der Waals surface area contributed by atoms with Crippen LogP contribution in [-0.2, 0) is 6.54 Å². The molecule has 2 unspecified atom stereocenters.